The van der Waals surface area contributed by atoms with Crippen molar-refractivity contribution in [2.75, 3.05) is 26.2 Å². The van der Waals surface area contributed by atoms with Gasteiger partial charge < -0.3 is 10.1 Å². The average Bonchev–Trinajstić information content (AvgIpc) is 2.38. The molecule has 0 aromatic heterocycles. The van der Waals surface area contributed by atoms with E-state index in [0.717, 1.165) is 31.9 Å². The zero-order chi connectivity index (χ0) is 12.8. The van der Waals surface area contributed by atoms with Gasteiger partial charge in [-0.15, -0.1) is 12.4 Å². The summed E-state index contributed by atoms with van der Waals surface area (Å²) in [6.07, 6.45) is 1.78. The molecule has 1 saturated heterocycles. The Hall–Kier alpha value is -1.03. The van der Waals surface area contributed by atoms with Gasteiger partial charge in [-0.2, -0.15) is 0 Å². The van der Waals surface area contributed by atoms with Crippen LogP contribution in [-0.2, 0) is 6.54 Å². The first-order chi connectivity index (χ1) is 8.79. The minimum atomic E-state index is 0. The minimum Gasteiger partial charge on any atom is -0.489 e. The zero-order valence-corrected chi connectivity index (χ0v) is 12.3. The number of piperazine rings is 1. The molecule has 1 fully saturated rings. The van der Waals surface area contributed by atoms with Crippen LogP contribution in [0, 0.1) is 0 Å². The normalized spacial score (nSPS) is 19.5. The third-order valence-electron chi connectivity index (χ3n) is 3.18. The van der Waals surface area contributed by atoms with E-state index in [2.05, 4.69) is 35.9 Å². The molecule has 3 nitrogen and oxygen atoms in total. The molecular formula is C15H23ClN2O. The van der Waals surface area contributed by atoms with Gasteiger partial charge in [0.25, 0.3) is 0 Å². The summed E-state index contributed by atoms with van der Waals surface area (Å²) in [7, 11) is 0. The van der Waals surface area contributed by atoms with Crippen molar-refractivity contribution >= 4 is 12.4 Å². The van der Waals surface area contributed by atoms with Gasteiger partial charge in [0.2, 0.25) is 0 Å². The lowest BCUT2D eigenvalue weighted by molar-refractivity contribution is 0.197. The Morgan fingerprint density at radius 3 is 3.00 bits per heavy atom. The molecule has 1 aromatic carbocycles. The van der Waals surface area contributed by atoms with Gasteiger partial charge in [0.1, 0.15) is 12.4 Å². The van der Waals surface area contributed by atoms with Crippen molar-refractivity contribution in [1.29, 1.82) is 0 Å². The molecule has 0 spiro atoms. The van der Waals surface area contributed by atoms with E-state index in [1.807, 2.05) is 12.1 Å². The Balaban J connectivity index is 0.00000180. The van der Waals surface area contributed by atoms with E-state index >= 15 is 0 Å². The summed E-state index contributed by atoms with van der Waals surface area (Å²) < 4.78 is 5.69. The Morgan fingerprint density at radius 2 is 2.26 bits per heavy atom. The number of benzene rings is 1. The van der Waals surface area contributed by atoms with E-state index in [1.54, 1.807) is 6.08 Å². The lowest BCUT2D eigenvalue weighted by Gasteiger charge is -2.32. The summed E-state index contributed by atoms with van der Waals surface area (Å²) in [6.45, 7) is 10.7. The molecule has 2 rings (SSSR count). The SMILES string of the molecule is C=CCOc1ccccc1CN1CCN[C@H](C)C1.Cl. The maximum Gasteiger partial charge on any atom is 0.124 e. The highest BCUT2D eigenvalue weighted by molar-refractivity contribution is 5.85. The summed E-state index contributed by atoms with van der Waals surface area (Å²) >= 11 is 0. The Labute approximate surface area is 122 Å². The maximum absolute atomic E-state index is 5.69. The molecule has 1 aromatic rings. The standard InChI is InChI=1S/C15H22N2O.ClH/c1-3-10-18-15-7-5-4-6-14(15)12-17-9-8-16-13(2)11-17;/h3-7,13,16H,1,8-12H2,2H3;1H/t13-;/m1./s1. The number of hydrogen-bond donors (Lipinski definition) is 1. The predicted molar refractivity (Wildman–Crippen MR) is 82.1 cm³/mol. The molecule has 1 N–H and O–H groups in total. The van der Waals surface area contributed by atoms with Crippen LogP contribution in [0.5, 0.6) is 5.75 Å². The van der Waals surface area contributed by atoms with E-state index in [1.165, 1.54) is 5.56 Å². The van der Waals surface area contributed by atoms with Crippen molar-refractivity contribution < 1.29 is 4.74 Å². The molecule has 106 valence electrons. The summed E-state index contributed by atoms with van der Waals surface area (Å²) in [4.78, 5) is 2.47. The Kier molecular flexibility index (Phi) is 6.92. The Morgan fingerprint density at radius 1 is 1.47 bits per heavy atom. The fourth-order valence-electron chi connectivity index (χ4n) is 2.32. The summed E-state index contributed by atoms with van der Waals surface area (Å²) in [5.74, 6) is 0.976. The number of rotatable bonds is 5. The number of nitrogens with zero attached hydrogens (tertiary/aromatic N) is 1. The largest absolute Gasteiger partial charge is 0.489 e. The number of para-hydroxylation sites is 1. The molecule has 19 heavy (non-hydrogen) atoms. The quantitative estimate of drug-likeness (QED) is 0.840. The van der Waals surface area contributed by atoms with Crippen molar-refractivity contribution in [2.24, 2.45) is 0 Å². The van der Waals surface area contributed by atoms with Gasteiger partial charge in [-0.05, 0) is 13.0 Å². The summed E-state index contributed by atoms with van der Waals surface area (Å²) in [5, 5.41) is 3.46. The predicted octanol–water partition coefficient (Wildman–Crippen LogP) is 2.47. The fourth-order valence-corrected chi connectivity index (χ4v) is 2.32. The third kappa shape index (κ3) is 4.86. The first-order valence-corrected chi connectivity index (χ1v) is 6.57. The van der Waals surface area contributed by atoms with Crippen LogP contribution in [0.25, 0.3) is 0 Å². The van der Waals surface area contributed by atoms with E-state index in [-0.39, 0.29) is 12.4 Å². The van der Waals surface area contributed by atoms with Crippen LogP contribution in [0.2, 0.25) is 0 Å². The molecule has 0 radical (unpaired) electrons. The molecule has 0 unspecified atom stereocenters. The molecule has 1 aliphatic heterocycles. The highest BCUT2D eigenvalue weighted by Crippen LogP contribution is 2.20. The maximum atomic E-state index is 5.69. The molecule has 1 atom stereocenters. The van der Waals surface area contributed by atoms with Crippen LogP contribution in [0.3, 0.4) is 0 Å². The summed E-state index contributed by atoms with van der Waals surface area (Å²) in [5.41, 5.74) is 1.26. The van der Waals surface area contributed by atoms with Crippen LogP contribution >= 0.6 is 12.4 Å². The number of halogens is 1. The van der Waals surface area contributed by atoms with Crippen molar-refractivity contribution in [3.8, 4) is 5.75 Å². The Bertz CT molecular complexity index is 397. The van der Waals surface area contributed by atoms with Crippen LogP contribution in [0.1, 0.15) is 12.5 Å². The second kappa shape index (κ2) is 8.20. The van der Waals surface area contributed by atoms with E-state index in [9.17, 15) is 0 Å². The van der Waals surface area contributed by atoms with Gasteiger partial charge in [-0.3, -0.25) is 4.90 Å². The van der Waals surface area contributed by atoms with Crippen molar-refractivity contribution in [3.63, 3.8) is 0 Å². The van der Waals surface area contributed by atoms with E-state index in [4.69, 9.17) is 4.74 Å². The zero-order valence-electron chi connectivity index (χ0n) is 11.5. The van der Waals surface area contributed by atoms with Gasteiger partial charge in [-0.1, -0.05) is 30.9 Å². The van der Waals surface area contributed by atoms with Crippen molar-refractivity contribution in [1.82, 2.24) is 10.2 Å². The molecule has 0 aliphatic carbocycles. The van der Waals surface area contributed by atoms with Crippen LogP contribution in [0.4, 0.5) is 0 Å². The van der Waals surface area contributed by atoms with Gasteiger partial charge in [0.05, 0.1) is 0 Å². The lowest BCUT2D eigenvalue weighted by atomic mass is 10.1. The lowest BCUT2D eigenvalue weighted by Crippen LogP contribution is -2.48. The minimum absolute atomic E-state index is 0. The first-order valence-electron chi connectivity index (χ1n) is 6.57. The molecule has 0 saturated carbocycles. The molecule has 0 bridgehead atoms. The van der Waals surface area contributed by atoms with Gasteiger partial charge in [-0.25, -0.2) is 0 Å². The van der Waals surface area contributed by atoms with E-state index in [0.29, 0.717) is 12.6 Å². The highest BCUT2D eigenvalue weighted by Gasteiger charge is 2.16. The molecule has 4 heteroatoms. The molecule has 1 heterocycles. The highest BCUT2D eigenvalue weighted by atomic mass is 35.5. The second-order valence-electron chi connectivity index (χ2n) is 4.80. The van der Waals surface area contributed by atoms with Crippen molar-refractivity contribution in [3.05, 3.63) is 42.5 Å². The van der Waals surface area contributed by atoms with Gasteiger partial charge in [0.15, 0.2) is 0 Å². The second-order valence-corrected chi connectivity index (χ2v) is 4.80. The smallest absolute Gasteiger partial charge is 0.124 e. The molecule has 0 amide bonds. The van der Waals surface area contributed by atoms with Gasteiger partial charge in [0, 0.05) is 37.8 Å². The van der Waals surface area contributed by atoms with Crippen molar-refractivity contribution in [2.45, 2.75) is 19.5 Å². The number of ether oxygens (including phenoxy) is 1. The van der Waals surface area contributed by atoms with Gasteiger partial charge >= 0.3 is 0 Å². The topological polar surface area (TPSA) is 24.5 Å². The number of hydrogen-bond acceptors (Lipinski definition) is 3. The molecule has 1 aliphatic rings. The third-order valence-corrected chi connectivity index (χ3v) is 3.18. The van der Waals surface area contributed by atoms with E-state index < -0.39 is 0 Å². The monoisotopic (exact) mass is 282 g/mol. The van der Waals surface area contributed by atoms with Crippen LogP contribution in [0.15, 0.2) is 36.9 Å². The molecular weight excluding hydrogens is 260 g/mol. The summed E-state index contributed by atoms with van der Waals surface area (Å²) in [6, 6.07) is 8.83. The first kappa shape index (κ1) is 16.0. The van der Waals surface area contributed by atoms with Crippen LogP contribution < -0.4 is 10.1 Å². The average molecular weight is 283 g/mol. The number of nitrogens with one attached hydrogen (secondary N) is 1. The van der Waals surface area contributed by atoms with Crippen LogP contribution in [-0.4, -0.2) is 37.2 Å². The fraction of sp³-hybridized carbons (Fsp3) is 0.467.